The number of benzene rings is 4. The average molecular weight is 559 g/mol. The number of hydrogen-bond acceptors (Lipinski definition) is 3. The van der Waals surface area contributed by atoms with Crippen LogP contribution in [0.2, 0.25) is 10.0 Å². The number of aromatic amines is 1. The Hall–Kier alpha value is -3.05. The smallest absolute Gasteiger partial charge is 0.124 e. The molecular weight excluding hydrogens is 525 g/mol. The van der Waals surface area contributed by atoms with Crippen LogP contribution in [0.4, 0.5) is 0 Å². The minimum atomic E-state index is 0.0973. The van der Waals surface area contributed by atoms with Gasteiger partial charge < -0.3 is 9.72 Å². The van der Waals surface area contributed by atoms with Crippen LogP contribution in [-0.4, -0.2) is 21.5 Å². The molecule has 5 aromatic rings. The van der Waals surface area contributed by atoms with Gasteiger partial charge in [-0.05, 0) is 72.4 Å². The van der Waals surface area contributed by atoms with Crippen molar-refractivity contribution in [2.45, 2.75) is 51.7 Å². The summed E-state index contributed by atoms with van der Waals surface area (Å²) in [5.74, 6) is 2.44. The van der Waals surface area contributed by atoms with Gasteiger partial charge in [0.2, 0.25) is 0 Å². The maximum Gasteiger partial charge on any atom is 0.124 e. The van der Waals surface area contributed by atoms with E-state index in [2.05, 4.69) is 70.5 Å². The number of hydrogen-bond donors (Lipinski definition) is 1. The first kappa shape index (κ1) is 26.2. The molecule has 1 aliphatic carbocycles. The second kappa shape index (κ2) is 11.6. The quantitative estimate of drug-likeness (QED) is 0.196. The fraction of sp³-hybridized carbons (Fsp3) is 0.303. The Labute approximate surface area is 239 Å². The number of rotatable bonds is 9. The fourth-order valence-corrected chi connectivity index (χ4v) is 6.64. The minimum Gasteiger partial charge on any atom is -0.494 e. The maximum absolute atomic E-state index is 6.77. The normalized spacial score (nSPS) is 15.0. The first-order chi connectivity index (χ1) is 19.1. The molecule has 1 aliphatic rings. The van der Waals surface area contributed by atoms with Gasteiger partial charge in [-0.15, -0.1) is 0 Å². The highest BCUT2D eigenvalue weighted by Crippen LogP contribution is 2.42. The molecule has 1 saturated carbocycles. The monoisotopic (exact) mass is 557 g/mol. The zero-order valence-corrected chi connectivity index (χ0v) is 23.7. The van der Waals surface area contributed by atoms with Gasteiger partial charge in [0.1, 0.15) is 11.6 Å². The van der Waals surface area contributed by atoms with Crippen molar-refractivity contribution in [2.75, 3.05) is 6.61 Å². The van der Waals surface area contributed by atoms with E-state index in [1.165, 1.54) is 42.0 Å². The summed E-state index contributed by atoms with van der Waals surface area (Å²) >= 11 is 13.0. The van der Waals surface area contributed by atoms with Gasteiger partial charge in [-0.1, -0.05) is 84.6 Å². The molecule has 0 saturated heterocycles. The second-order valence-corrected chi connectivity index (χ2v) is 11.3. The van der Waals surface area contributed by atoms with Crippen LogP contribution >= 0.6 is 23.2 Å². The molecule has 1 unspecified atom stereocenters. The Morgan fingerprint density at radius 2 is 1.74 bits per heavy atom. The summed E-state index contributed by atoms with van der Waals surface area (Å²) in [6, 6.07) is 27.0. The molecule has 0 bridgehead atoms. The molecule has 1 fully saturated rings. The van der Waals surface area contributed by atoms with Crippen molar-refractivity contribution in [3.8, 4) is 5.75 Å². The standard InChI is InChI=1S/C33H33Cl2N3O/c1-2-39-31-18-16-22-9-5-6-12-26(22)27(31)21-38(20-24-15-17-25(34)19-28(24)35)32(23-10-3-4-11-23)33-36-29-13-7-8-14-30(29)37-33/h5-9,12-19,23,32H,2-4,10-11,20-21H2,1H3,(H,36,37). The maximum atomic E-state index is 6.77. The van der Waals surface area contributed by atoms with Crippen molar-refractivity contribution in [1.82, 2.24) is 14.9 Å². The lowest BCUT2D eigenvalue weighted by molar-refractivity contribution is 0.118. The van der Waals surface area contributed by atoms with Gasteiger partial charge >= 0.3 is 0 Å². The molecule has 200 valence electrons. The van der Waals surface area contributed by atoms with E-state index in [-0.39, 0.29) is 6.04 Å². The SMILES string of the molecule is CCOc1ccc2ccccc2c1CN(Cc1ccc(Cl)cc1Cl)C(c1nc2ccccc2[nH]1)C1CCCC1. The lowest BCUT2D eigenvalue weighted by Gasteiger charge is -2.35. The van der Waals surface area contributed by atoms with Gasteiger partial charge in [0, 0.05) is 28.7 Å². The summed E-state index contributed by atoms with van der Waals surface area (Å²) < 4.78 is 6.20. The van der Waals surface area contributed by atoms with Crippen LogP contribution in [-0.2, 0) is 13.1 Å². The van der Waals surface area contributed by atoms with E-state index in [1.54, 1.807) is 0 Å². The Morgan fingerprint density at radius 1 is 0.949 bits per heavy atom. The molecule has 1 heterocycles. The lowest BCUT2D eigenvalue weighted by Crippen LogP contribution is -2.33. The zero-order valence-electron chi connectivity index (χ0n) is 22.2. The summed E-state index contributed by atoms with van der Waals surface area (Å²) in [6.07, 6.45) is 4.85. The van der Waals surface area contributed by atoms with E-state index in [9.17, 15) is 0 Å². The van der Waals surface area contributed by atoms with E-state index in [0.29, 0.717) is 35.7 Å². The molecule has 4 aromatic carbocycles. The molecule has 6 heteroatoms. The number of fused-ring (bicyclic) bond motifs is 2. The fourth-order valence-electron chi connectivity index (χ4n) is 6.17. The van der Waals surface area contributed by atoms with Gasteiger partial charge in [-0.2, -0.15) is 0 Å². The van der Waals surface area contributed by atoms with Crippen LogP contribution in [0.5, 0.6) is 5.75 Å². The molecule has 4 nitrogen and oxygen atoms in total. The summed E-state index contributed by atoms with van der Waals surface area (Å²) in [5.41, 5.74) is 4.32. The van der Waals surface area contributed by atoms with Gasteiger partial charge in [-0.25, -0.2) is 4.98 Å². The van der Waals surface area contributed by atoms with Gasteiger partial charge in [0.25, 0.3) is 0 Å². The first-order valence-electron chi connectivity index (χ1n) is 13.9. The van der Waals surface area contributed by atoms with Crippen LogP contribution in [0.15, 0.2) is 78.9 Å². The second-order valence-electron chi connectivity index (χ2n) is 10.5. The van der Waals surface area contributed by atoms with E-state index in [0.717, 1.165) is 28.2 Å². The predicted molar refractivity (Wildman–Crippen MR) is 162 cm³/mol. The third-order valence-electron chi connectivity index (χ3n) is 7.97. The number of nitrogens with one attached hydrogen (secondary N) is 1. The molecule has 0 amide bonds. The highest BCUT2D eigenvalue weighted by Gasteiger charge is 2.34. The van der Waals surface area contributed by atoms with Crippen LogP contribution in [0.3, 0.4) is 0 Å². The van der Waals surface area contributed by atoms with Crippen molar-refractivity contribution < 1.29 is 4.74 Å². The predicted octanol–water partition coefficient (Wildman–Crippen LogP) is 9.36. The van der Waals surface area contributed by atoms with Crippen molar-refractivity contribution in [3.63, 3.8) is 0 Å². The summed E-state index contributed by atoms with van der Waals surface area (Å²) in [7, 11) is 0. The zero-order chi connectivity index (χ0) is 26.8. The Bertz CT molecular complexity index is 1560. The van der Waals surface area contributed by atoms with Gasteiger partial charge in [-0.3, -0.25) is 4.90 Å². The number of nitrogens with zero attached hydrogens (tertiary/aromatic N) is 2. The molecular formula is C33H33Cl2N3O. The van der Waals surface area contributed by atoms with E-state index < -0.39 is 0 Å². The van der Waals surface area contributed by atoms with E-state index in [1.807, 2.05) is 25.1 Å². The van der Waals surface area contributed by atoms with Crippen LogP contribution < -0.4 is 4.74 Å². The Morgan fingerprint density at radius 3 is 2.54 bits per heavy atom. The third-order valence-corrected chi connectivity index (χ3v) is 8.56. The van der Waals surface area contributed by atoms with Crippen molar-refractivity contribution in [2.24, 2.45) is 5.92 Å². The highest BCUT2D eigenvalue weighted by molar-refractivity contribution is 6.35. The molecule has 0 spiro atoms. The summed E-state index contributed by atoms with van der Waals surface area (Å²) in [6.45, 7) is 4.03. The third kappa shape index (κ3) is 5.51. The van der Waals surface area contributed by atoms with Crippen molar-refractivity contribution in [3.05, 3.63) is 106 Å². The van der Waals surface area contributed by atoms with E-state index in [4.69, 9.17) is 32.9 Å². The number of para-hydroxylation sites is 2. The van der Waals surface area contributed by atoms with Crippen molar-refractivity contribution in [1.29, 1.82) is 0 Å². The first-order valence-corrected chi connectivity index (χ1v) is 14.6. The average Bonchev–Trinajstić information content (AvgIpc) is 3.62. The largest absolute Gasteiger partial charge is 0.494 e. The number of H-pyrrole nitrogens is 1. The van der Waals surface area contributed by atoms with Crippen LogP contribution in [0, 0.1) is 5.92 Å². The Kier molecular flexibility index (Phi) is 7.78. The summed E-state index contributed by atoms with van der Waals surface area (Å²) in [4.78, 5) is 11.4. The van der Waals surface area contributed by atoms with Crippen LogP contribution in [0.1, 0.15) is 55.6 Å². The van der Waals surface area contributed by atoms with Gasteiger partial charge in [0.15, 0.2) is 0 Å². The molecule has 39 heavy (non-hydrogen) atoms. The molecule has 1 N–H and O–H groups in total. The molecule has 1 aromatic heterocycles. The summed E-state index contributed by atoms with van der Waals surface area (Å²) in [5, 5.41) is 3.75. The number of ether oxygens (including phenoxy) is 1. The number of aromatic nitrogens is 2. The van der Waals surface area contributed by atoms with Gasteiger partial charge in [0.05, 0.1) is 23.7 Å². The molecule has 6 rings (SSSR count). The molecule has 0 radical (unpaired) electrons. The van der Waals surface area contributed by atoms with Crippen molar-refractivity contribution >= 4 is 45.0 Å². The number of imidazole rings is 1. The van der Waals surface area contributed by atoms with E-state index >= 15 is 0 Å². The molecule has 0 aliphatic heterocycles. The Balaban J connectivity index is 1.50. The van der Waals surface area contributed by atoms with Crippen LogP contribution in [0.25, 0.3) is 21.8 Å². The molecule has 1 atom stereocenters. The minimum absolute atomic E-state index is 0.0973. The highest BCUT2D eigenvalue weighted by atomic mass is 35.5. The topological polar surface area (TPSA) is 41.1 Å². The number of halogens is 2. The lowest BCUT2D eigenvalue weighted by atomic mass is 9.93.